The number of aliphatic hydroxyl groups excluding tert-OH is 1. The van der Waals surface area contributed by atoms with Crippen LogP contribution in [-0.4, -0.2) is 66.5 Å². The summed E-state index contributed by atoms with van der Waals surface area (Å²) in [6.45, 7) is 4.33. The van der Waals surface area contributed by atoms with Crippen LogP contribution in [0.3, 0.4) is 0 Å². The molecule has 12 heteroatoms. The van der Waals surface area contributed by atoms with Crippen LogP contribution in [0.2, 0.25) is 0 Å². The van der Waals surface area contributed by atoms with E-state index in [0.29, 0.717) is 19.3 Å². The third kappa shape index (κ3) is 40.6. The summed E-state index contributed by atoms with van der Waals surface area (Å²) < 4.78 is 39.0. The van der Waals surface area contributed by atoms with Crippen molar-refractivity contribution in [3.05, 3.63) is 60.8 Å². The van der Waals surface area contributed by atoms with Crippen molar-refractivity contribution < 1.29 is 52.2 Å². The van der Waals surface area contributed by atoms with E-state index in [4.69, 9.17) is 23.3 Å². The quantitative estimate of drug-likeness (QED) is 0.0198. The molecule has 11 nitrogen and oxygen atoms in total. The van der Waals surface area contributed by atoms with Gasteiger partial charge in [-0.1, -0.05) is 165 Å². The lowest BCUT2D eigenvalue weighted by atomic mass is 10.1. The van der Waals surface area contributed by atoms with E-state index < -0.39 is 57.8 Å². The van der Waals surface area contributed by atoms with Crippen LogP contribution in [0.5, 0.6) is 0 Å². The molecule has 0 aromatic rings. The minimum atomic E-state index is -4.75. The molecule has 0 bridgehead atoms. The third-order valence-corrected chi connectivity index (χ3v) is 10.4. The minimum Gasteiger partial charge on any atom is -0.462 e. The molecule has 0 aliphatic carbocycles. The van der Waals surface area contributed by atoms with Gasteiger partial charge in [0.1, 0.15) is 12.7 Å². The Balaban J connectivity index is 4.88. The predicted octanol–water partition coefficient (Wildman–Crippen LogP) is 12.5. The minimum absolute atomic E-state index is 0.0447. The molecule has 0 saturated heterocycles. The first-order valence-corrected chi connectivity index (χ1v) is 24.7. The molecule has 0 aliphatic heterocycles. The van der Waals surface area contributed by atoms with E-state index in [9.17, 15) is 28.9 Å². The van der Waals surface area contributed by atoms with Gasteiger partial charge in [0.25, 0.3) is 0 Å². The number of carbonyl (C=O) groups is 3. The van der Waals surface area contributed by atoms with Crippen molar-refractivity contribution in [2.24, 2.45) is 0 Å². The topological polar surface area (TPSA) is 155 Å². The van der Waals surface area contributed by atoms with Crippen molar-refractivity contribution in [1.29, 1.82) is 0 Å². The molecule has 3 unspecified atom stereocenters. The summed E-state index contributed by atoms with van der Waals surface area (Å²) in [7, 11) is -4.75. The Kier molecular flexibility index (Phi) is 40.8. The van der Waals surface area contributed by atoms with Crippen LogP contribution in [0.15, 0.2) is 60.8 Å². The van der Waals surface area contributed by atoms with E-state index in [2.05, 4.69) is 69.4 Å². The highest BCUT2D eigenvalue weighted by atomic mass is 31.2. The highest BCUT2D eigenvalue weighted by Gasteiger charge is 2.28. The zero-order valence-electron chi connectivity index (χ0n) is 37.7. The van der Waals surface area contributed by atoms with Crippen molar-refractivity contribution >= 4 is 25.7 Å². The highest BCUT2D eigenvalue weighted by molar-refractivity contribution is 7.47. The van der Waals surface area contributed by atoms with Crippen LogP contribution in [0, 0.1) is 0 Å². The summed E-state index contributed by atoms with van der Waals surface area (Å²) in [4.78, 5) is 47.9. The number of unbranched alkanes of at least 4 members (excludes halogenated alkanes) is 15. The molecule has 0 saturated carbocycles. The van der Waals surface area contributed by atoms with Crippen molar-refractivity contribution in [3.63, 3.8) is 0 Å². The Morgan fingerprint density at radius 1 is 0.483 bits per heavy atom. The fourth-order valence-corrected chi connectivity index (χ4v) is 6.66. The first-order chi connectivity index (χ1) is 29.2. The molecule has 0 fully saturated rings. The van der Waals surface area contributed by atoms with Crippen LogP contribution in [0.4, 0.5) is 0 Å². The molecule has 0 radical (unpaired) electrons. The summed E-state index contributed by atoms with van der Waals surface area (Å²) in [5, 5.41) is 9.70. The SMILES string of the molecule is CC/C=C\C/C=C\C/C=C\C/C=C\CCC(=O)OC(COC(=O)CCCCCCC/C=C\CCCC)COP(=O)(O)OCC(CO)OC(=O)CCCCCCCCCCC. The molecule has 0 rings (SSSR count). The van der Waals surface area contributed by atoms with Gasteiger partial charge in [0.2, 0.25) is 0 Å². The number of phosphoric ester groups is 1. The van der Waals surface area contributed by atoms with Crippen LogP contribution in [0.25, 0.3) is 0 Å². The summed E-state index contributed by atoms with van der Waals surface area (Å²) >= 11 is 0. The molecule has 346 valence electrons. The summed E-state index contributed by atoms with van der Waals surface area (Å²) in [6.07, 6.45) is 42.3. The molecule has 60 heavy (non-hydrogen) atoms. The highest BCUT2D eigenvalue weighted by Crippen LogP contribution is 2.43. The van der Waals surface area contributed by atoms with Crippen molar-refractivity contribution in [3.8, 4) is 0 Å². The van der Waals surface area contributed by atoms with E-state index in [0.717, 1.165) is 83.5 Å². The number of phosphoric acid groups is 1. The average Bonchev–Trinajstić information content (AvgIpc) is 3.23. The van der Waals surface area contributed by atoms with Gasteiger partial charge in [-0.25, -0.2) is 4.57 Å². The number of hydrogen-bond acceptors (Lipinski definition) is 10. The molecule has 0 amide bonds. The number of carbonyl (C=O) groups excluding carboxylic acids is 3. The van der Waals surface area contributed by atoms with Crippen molar-refractivity contribution in [1.82, 2.24) is 0 Å². The van der Waals surface area contributed by atoms with E-state index in [-0.39, 0.29) is 25.9 Å². The lowest BCUT2D eigenvalue weighted by molar-refractivity contribution is -0.161. The zero-order chi connectivity index (χ0) is 44.2. The Bertz CT molecular complexity index is 1240. The molecule has 0 spiro atoms. The molecular formula is C48H83O11P. The van der Waals surface area contributed by atoms with Crippen molar-refractivity contribution in [2.75, 3.05) is 26.4 Å². The predicted molar refractivity (Wildman–Crippen MR) is 242 cm³/mol. The standard InChI is InChI=1S/C48H83O11P/c1-4-7-10-13-16-19-21-22-24-27-30-33-36-39-48(52)59-45(41-55-46(50)37-34-31-28-26-23-20-17-14-11-8-5-2)43-57-60(53,54)56-42-44(40-49)58-47(51)38-35-32-29-25-18-15-12-9-6-3/h7,10,14,16-17,19,22,24,30,33,44-45,49H,4-6,8-9,11-13,15,18,20-21,23,25-29,31-32,34-43H2,1-3H3,(H,53,54)/b10-7-,17-14-,19-16-,24-22-,33-30-. The number of aliphatic hydroxyl groups is 1. The van der Waals surface area contributed by atoms with Gasteiger partial charge in [-0.2, -0.15) is 0 Å². The maximum Gasteiger partial charge on any atom is 0.472 e. The third-order valence-electron chi connectivity index (χ3n) is 9.44. The summed E-state index contributed by atoms with van der Waals surface area (Å²) in [6, 6.07) is 0. The van der Waals surface area contributed by atoms with Gasteiger partial charge < -0.3 is 24.2 Å². The molecule has 0 aromatic heterocycles. The maximum atomic E-state index is 12.8. The maximum absolute atomic E-state index is 12.8. The van der Waals surface area contributed by atoms with Crippen LogP contribution in [0.1, 0.15) is 188 Å². The fraction of sp³-hybridized carbons (Fsp3) is 0.729. The largest absolute Gasteiger partial charge is 0.472 e. The van der Waals surface area contributed by atoms with Gasteiger partial charge in [0.15, 0.2) is 6.10 Å². The Hall–Kier alpha value is -2.82. The van der Waals surface area contributed by atoms with Gasteiger partial charge >= 0.3 is 25.7 Å². The van der Waals surface area contributed by atoms with Gasteiger partial charge in [-0.15, -0.1) is 0 Å². The smallest absolute Gasteiger partial charge is 0.462 e. The molecule has 0 heterocycles. The van der Waals surface area contributed by atoms with E-state index in [1.165, 1.54) is 44.9 Å². The van der Waals surface area contributed by atoms with Gasteiger partial charge in [-0.05, 0) is 64.2 Å². The lowest BCUT2D eigenvalue weighted by Gasteiger charge is -2.21. The van der Waals surface area contributed by atoms with Crippen LogP contribution >= 0.6 is 7.82 Å². The average molecular weight is 867 g/mol. The molecule has 2 N–H and O–H groups in total. The number of esters is 3. The zero-order valence-corrected chi connectivity index (χ0v) is 38.6. The molecule has 0 aliphatic rings. The van der Waals surface area contributed by atoms with E-state index >= 15 is 0 Å². The number of allylic oxidation sites excluding steroid dienone is 10. The van der Waals surface area contributed by atoms with E-state index in [1.54, 1.807) is 0 Å². The molecular weight excluding hydrogens is 783 g/mol. The Labute approximate surface area is 364 Å². The first kappa shape index (κ1) is 57.2. The number of ether oxygens (including phenoxy) is 3. The second-order valence-electron chi connectivity index (χ2n) is 15.2. The van der Waals surface area contributed by atoms with Gasteiger partial charge in [-0.3, -0.25) is 23.4 Å². The van der Waals surface area contributed by atoms with Crippen molar-refractivity contribution in [2.45, 2.75) is 200 Å². The summed E-state index contributed by atoms with van der Waals surface area (Å²) in [5.74, 6) is -1.58. The van der Waals surface area contributed by atoms with E-state index in [1.807, 2.05) is 12.2 Å². The lowest BCUT2D eigenvalue weighted by Crippen LogP contribution is -2.30. The molecule has 3 atom stereocenters. The Morgan fingerprint density at radius 3 is 1.48 bits per heavy atom. The number of hydrogen-bond donors (Lipinski definition) is 2. The first-order valence-electron chi connectivity index (χ1n) is 23.2. The van der Waals surface area contributed by atoms with Crippen LogP contribution in [-0.2, 0) is 42.2 Å². The fourth-order valence-electron chi connectivity index (χ4n) is 5.88. The second kappa shape index (κ2) is 42.9. The molecule has 0 aromatic carbocycles. The van der Waals surface area contributed by atoms with Gasteiger partial charge in [0.05, 0.1) is 19.8 Å². The number of rotatable bonds is 42. The monoisotopic (exact) mass is 867 g/mol. The Morgan fingerprint density at radius 2 is 0.917 bits per heavy atom. The van der Waals surface area contributed by atoms with Crippen LogP contribution < -0.4 is 0 Å². The van der Waals surface area contributed by atoms with Gasteiger partial charge in [0, 0.05) is 19.3 Å². The summed E-state index contributed by atoms with van der Waals surface area (Å²) in [5.41, 5.74) is 0. The second-order valence-corrected chi connectivity index (χ2v) is 16.6. The normalized spacial score (nSPS) is 14.2.